The molecule has 2 atom stereocenters. The van der Waals surface area contributed by atoms with Crippen LogP contribution in [0.15, 0.2) is 12.1 Å². The van der Waals surface area contributed by atoms with E-state index >= 15 is 0 Å². The van der Waals surface area contributed by atoms with Crippen molar-refractivity contribution in [2.24, 2.45) is 5.92 Å². The van der Waals surface area contributed by atoms with Gasteiger partial charge in [0.2, 0.25) is 0 Å². The Morgan fingerprint density at radius 3 is 2.76 bits per heavy atom. The largest absolute Gasteiger partial charge is 0.312 e. The quantitative estimate of drug-likeness (QED) is 0.866. The minimum Gasteiger partial charge on any atom is -0.312 e. The van der Waals surface area contributed by atoms with Crippen LogP contribution in [0.25, 0.3) is 0 Å². The lowest BCUT2D eigenvalue weighted by molar-refractivity contribution is 0.259. The second kappa shape index (κ2) is 5.98. The second-order valence-corrected chi connectivity index (χ2v) is 6.52. The summed E-state index contributed by atoms with van der Waals surface area (Å²) in [4.78, 5) is 5.59. The molecule has 0 radical (unpaired) electrons. The summed E-state index contributed by atoms with van der Waals surface area (Å²) in [7, 11) is 0. The van der Waals surface area contributed by atoms with Crippen LogP contribution in [0.4, 0.5) is 0 Å². The third kappa shape index (κ3) is 3.54. The Morgan fingerprint density at radius 1 is 1.35 bits per heavy atom. The van der Waals surface area contributed by atoms with E-state index in [1.807, 2.05) is 11.3 Å². The van der Waals surface area contributed by atoms with Crippen LogP contribution in [-0.4, -0.2) is 24.0 Å². The molecule has 1 aromatic rings. The Balaban J connectivity index is 1.88. The molecule has 0 bridgehead atoms. The minimum absolute atomic E-state index is 0.754. The van der Waals surface area contributed by atoms with E-state index in [1.54, 1.807) is 0 Å². The van der Waals surface area contributed by atoms with Gasteiger partial charge in [-0.25, -0.2) is 0 Å². The highest BCUT2D eigenvalue weighted by Crippen LogP contribution is 2.26. The van der Waals surface area contributed by atoms with Gasteiger partial charge in [0.15, 0.2) is 0 Å². The third-order valence-corrected chi connectivity index (χ3v) is 4.61. The summed E-state index contributed by atoms with van der Waals surface area (Å²) in [5, 5.41) is 3.38. The molecule has 3 heteroatoms. The molecule has 17 heavy (non-hydrogen) atoms. The maximum absolute atomic E-state index is 3.38. The molecule has 0 spiro atoms. The zero-order valence-corrected chi connectivity index (χ0v) is 12.0. The Kier molecular flexibility index (Phi) is 4.60. The van der Waals surface area contributed by atoms with E-state index < -0.39 is 0 Å². The predicted octanol–water partition coefficient (Wildman–Crippen LogP) is 3.09. The molecule has 96 valence electrons. The second-order valence-electron chi connectivity index (χ2n) is 5.27. The summed E-state index contributed by atoms with van der Waals surface area (Å²) in [6.07, 6.45) is 1.36. The SMILES string of the molecule is CCNCc1ccc(CN2CC(C)CC2C)s1. The molecular formula is C14H24N2S. The lowest BCUT2D eigenvalue weighted by Gasteiger charge is -2.19. The number of hydrogen-bond acceptors (Lipinski definition) is 3. The van der Waals surface area contributed by atoms with Crippen LogP contribution in [0, 0.1) is 5.92 Å². The van der Waals surface area contributed by atoms with Gasteiger partial charge in [0.1, 0.15) is 0 Å². The van der Waals surface area contributed by atoms with Crippen molar-refractivity contribution in [3.05, 3.63) is 21.9 Å². The average molecular weight is 252 g/mol. The minimum atomic E-state index is 0.754. The maximum atomic E-state index is 3.38. The van der Waals surface area contributed by atoms with Crippen LogP contribution in [0.5, 0.6) is 0 Å². The van der Waals surface area contributed by atoms with Gasteiger partial charge in [0, 0.05) is 35.4 Å². The Bertz CT molecular complexity index is 348. The topological polar surface area (TPSA) is 15.3 Å². The normalized spacial score (nSPS) is 25.6. The number of nitrogens with zero attached hydrogens (tertiary/aromatic N) is 1. The van der Waals surface area contributed by atoms with E-state index in [1.165, 1.54) is 22.7 Å². The van der Waals surface area contributed by atoms with Crippen LogP contribution in [0.2, 0.25) is 0 Å². The van der Waals surface area contributed by atoms with Crippen molar-refractivity contribution >= 4 is 11.3 Å². The Hall–Kier alpha value is -0.380. The highest BCUT2D eigenvalue weighted by Gasteiger charge is 2.26. The monoisotopic (exact) mass is 252 g/mol. The fourth-order valence-corrected chi connectivity index (χ4v) is 3.67. The lowest BCUT2D eigenvalue weighted by atomic mass is 10.1. The number of rotatable bonds is 5. The third-order valence-electron chi connectivity index (χ3n) is 3.54. The summed E-state index contributed by atoms with van der Waals surface area (Å²) in [5.41, 5.74) is 0. The van der Waals surface area contributed by atoms with Crippen LogP contribution in [0.3, 0.4) is 0 Å². The summed E-state index contributed by atoms with van der Waals surface area (Å²) < 4.78 is 0. The summed E-state index contributed by atoms with van der Waals surface area (Å²) >= 11 is 1.96. The molecule has 0 aromatic carbocycles. The van der Waals surface area contributed by atoms with Crippen molar-refractivity contribution in [3.8, 4) is 0 Å². The van der Waals surface area contributed by atoms with Crippen LogP contribution in [-0.2, 0) is 13.1 Å². The summed E-state index contributed by atoms with van der Waals surface area (Å²) in [6, 6.07) is 5.32. The van der Waals surface area contributed by atoms with Gasteiger partial charge in [0.05, 0.1) is 0 Å². The molecule has 2 rings (SSSR count). The van der Waals surface area contributed by atoms with E-state index in [-0.39, 0.29) is 0 Å². The van der Waals surface area contributed by atoms with Gasteiger partial charge in [-0.15, -0.1) is 11.3 Å². The van der Waals surface area contributed by atoms with Gasteiger partial charge in [0.25, 0.3) is 0 Å². The van der Waals surface area contributed by atoms with E-state index in [9.17, 15) is 0 Å². The predicted molar refractivity (Wildman–Crippen MR) is 75.4 cm³/mol. The molecule has 1 N–H and O–H groups in total. The molecule has 1 aliphatic heterocycles. The van der Waals surface area contributed by atoms with Gasteiger partial charge in [-0.1, -0.05) is 13.8 Å². The molecule has 1 saturated heterocycles. The van der Waals surface area contributed by atoms with Gasteiger partial charge < -0.3 is 5.32 Å². The molecule has 1 aromatic heterocycles. The molecule has 2 unspecified atom stereocenters. The van der Waals surface area contributed by atoms with Crippen LogP contribution >= 0.6 is 11.3 Å². The van der Waals surface area contributed by atoms with Crippen molar-refractivity contribution in [1.29, 1.82) is 0 Å². The molecule has 0 aliphatic carbocycles. The molecule has 2 heterocycles. The summed E-state index contributed by atoms with van der Waals surface area (Å²) in [6.45, 7) is 11.4. The van der Waals surface area contributed by atoms with E-state index in [4.69, 9.17) is 0 Å². The fourth-order valence-electron chi connectivity index (χ4n) is 2.66. The molecule has 2 nitrogen and oxygen atoms in total. The fraction of sp³-hybridized carbons (Fsp3) is 0.714. The average Bonchev–Trinajstić information content (AvgIpc) is 2.84. The van der Waals surface area contributed by atoms with Crippen LogP contribution in [0.1, 0.15) is 36.9 Å². The highest BCUT2D eigenvalue weighted by atomic mass is 32.1. The van der Waals surface area contributed by atoms with Crippen LogP contribution < -0.4 is 5.32 Å². The number of likely N-dealkylation sites (tertiary alicyclic amines) is 1. The van der Waals surface area contributed by atoms with Crippen molar-refractivity contribution in [1.82, 2.24) is 10.2 Å². The smallest absolute Gasteiger partial charge is 0.0330 e. The zero-order valence-electron chi connectivity index (χ0n) is 11.2. The van der Waals surface area contributed by atoms with Crippen molar-refractivity contribution in [2.75, 3.05) is 13.1 Å². The first-order chi connectivity index (χ1) is 8.19. The lowest BCUT2D eigenvalue weighted by Crippen LogP contribution is -2.26. The van der Waals surface area contributed by atoms with Gasteiger partial charge in [-0.05, 0) is 37.9 Å². The van der Waals surface area contributed by atoms with Crippen molar-refractivity contribution in [3.63, 3.8) is 0 Å². The number of nitrogens with one attached hydrogen (secondary N) is 1. The van der Waals surface area contributed by atoms with Gasteiger partial charge in [-0.2, -0.15) is 0 Å². The van der Waals surface area contributed by atoms with E-state index in [0.717, 1.165) is 31.6 Å². The van der Waals surface area contributed by atoms with E-state index in [0.29, 0.717) is 0 Å². The molecule has 1 fully saturated rings. The Labute approximate surface area is 109 Å². The number of hydrogen-bond donors (Lipinski definition) is 1. The molecule has 0 amide bonds. The van der Waals surface area contributed by atoms with Crippen molar-refractivity contribution < 1.29 is 0 Å². The van der Waals surface area contributed by atoms with Gasteiger partial charge in [-0.3, -0.25) is 4.90 Å². The Morgan fingerprint density at radius 2 is 2.12 bits per heavy atom. The molecular weight excluding hydrogens is 228 g/mol. The molecule has 0 saturated carbocycles. The maximum Gasteiger partial charge on any atom is 0.0330 e. The first-order valence-corrected chi connectivity index (χ1v) is 7.53. The standard InChI is InChI=1S/C14H24N2S/c1-4-15-8-13-5-6-14(17-13)10-16-9-11(2)7-12(16)3/h5-6,11-12,15H,4,7-10H2,1-3H3. The summed E-state index contributed by atoms with van der Waals surface area (Å²) in [5.74, 6) is 0.867. The van der Waals surface area contributed by atoms with Gasteiger partial charge >= 0.3 is 0 Å². The van der Waals surface area contributed by atoms with E-state index in [2.05, 4.69) is 43.1 Å². The zero-order chi connectivity index (χ0) is 12.3. The molecule has 1 aliphatic rings. The first-order valence-electron chi connectivity index (χ1n) is 6.71. The number of thiophene rings is 1. The van der Waals surface area contributed by atoms with Crippen molar-refractivity contribution in [2.45, 2.75) is 46.3 Å². The highest BCUT2D eigenvalue weighted by molar-refractivity contribution is 7.11. The first kappa shape index (κ1) is 13.1.